The van der Waals surface area contributed by atoms with Gasteiger partial charge in [0.2, 0.25) is 11.9 Å². The number of rotatable bonds is 6. The highest BCUT2D eigenvalue weighted by Gasteiger charge is 2.27. The van der Waals surface area contributed by atoms with Crippen molar-refractivity contribution in [3.05, 3.63) is 54.7 Å². The lowest BCUT2D eigenvalue weighted by Gasteiger charge is -2.26. The van der Waals surface area contributed by atoms with Crippen molar-refractivity contribution in [1.82, 2.24) is 19.8 Å². The zero-order valence-electron chi connectivity index (χ0n) is 18.0. The summed E-state index contributed by atoms with van der Waals surface area (Å²) in [6.07, 6.45) is 2.93. The molecule has 1 aliphatic heterocycles. The highest BCUT2D eigenvalue weighted by molar-refractivity contribution is 5.86. The van der Waals surface area contributed by atoms with Crippen LogP contribution in [0, 0.1) is 0 Å². The van der Waals surface area contributed by atoms with Crippen LogP contribution < -0.4 is 4.90 Å². The summed E-state index contributed by atoms with van der Waals surface area (Å²) >= 11 is 0. The third kappa shape index (κ3) is 4.44. The van der Waals surface area contributed by atoms with E-state index in [1.165, 1.54) is 10.8 Å². The molecule has 1 aliphatic rings. The van der Waals surface area contributed by atoms with Gasteiger partial charge in [-0.1, -0.05) is 36.4 Å². The predicted octanol–water partition coefficient (Wildman–Crippen LogP) is 3.29. The third-order valence-corrected chi connectivity index (χ3v) is 6.08. The molecule has 0 saturated carbocycles. The predicted molar refractivity (Wildman–Crippen MR) is 122 cm³/mol. The first-order chi connectivity index (χ1) is 14.5. The maximum atomic E-state index is 11.4. The fourth-order valence-electron chi connectivity index (χ4n) is 3.94. The second kappa shape index (κ2) is 8.79. The fraction of sp³-hybridized carbons (Fsp3) is 0.375. The van der Waals surface area contributed by atoms with Crippen LogP contribution in [0.2, 0.25) is 0 Å². The third-order valence-electron chi connectivity index (χ3n) is 6.08. The Morgan fingerprint density at radius 3 is 2.70 bits per heavy atom. The van der Waals surface area contributed by atoms with Crippen LogP contribution in [-0.2, 0) is 4.79 Å². The number of nitrogens with zero attached hydrogens (tertiary/aromatic N) is 5. The Kier molecular flexibility index (Phi) is 5.95. The molecule has 1 fully saturated rings. The molecule has 1 atom stereocenters. The van der Waals surface area contributed by atoms with Gasteiger partial charge in [-0.2, -0.15) is 0 Å². The lowest BCUT2D eigenvalue weighted by molar-refractivity contribution is -0.127. The summed E-state index contributed by atoms with van der Waals surface area (Å²) in [4.78, 5) is 27.2. The Morgan fingerprint density at radius 2 is 1.90 bits per heavy atom. The van der Waals surface area contributed by atoms with E-state index in [9.17, 15) is 4.79 Å². The van der Waals surface area contributed by atoms with Crippen molar-refractivity contribution in [1.29, 1.82) is 0 Å². The fourth-order valence-corrected chi connectivity index (χ4v) is 3.94. The minimum Gasteiger partial charge on any atom is -0.345 e. The van der Waals surface area contributed by atoms with Crippen LogP contribution in [0.4, 0.5) is 5.95 Å². The molecular formula is C24H29N5O. The van der Waals surface area contributed by atoms with Gasteiger partial charge in [0.15, 0.2) is 0 Å². The quantitative estimate of drug-likeness (QED) is 0.632. The van der Waals surface area contributed by atoms with Gasteiger partial charge in [0.05, 0.1) is 5.69 Å². The minimum absolute atomic E-state index is 0.107. The standard InChI is InChI=1S/C24H29N5O/c1-18(30)27(2)14-15-28(3)22-11-13-29(17-22)24-25-12-10-23(26-24)21-9-8-19-6-4-5-7-20(19)16-21/h4-10,12,16,22H,11,13-15,17H2,1-3H3/t22-/m1/s1. The van der Waals surface area contributed by atoms with E-state index in [1.54, 1.807) is 11.8 Å². The number of fused-ring (bicyclic) bond motifs is 1. The second-order valence-corrected chi connectivity index (χ2v) is 8.11. The van der Waals surface area contributed by atoms with Gasteiger partial charge in [0, 0.05) is 58.0 Å². The number of aromatic nitrogens is 2. The summed E-state index contributed by atoms with van der Waals surface area (Å²) in [5.74, 6) is 0.896. The first-order valence-electron chi connectivity index (χ1n) is 10.5. The van der Waals surface area contributed by atoms with Crippen molar-refractivity contribution in [2.24, 2.45) is 0 Å². The average Bonchev–Trinajstić information content (AvgIpc) is 3.27. The van der Waals surface area contributed by atoms with Crippen LogP contribution in [0.25, 0.3) is 22.0 Å². The molecule has 0 spiro atoms. The molecule has 6 heteroatoms. The topological polar surface area (TPSA) is 52.6 Å². The first-order valence-corrected chi connectivity index (χ1v) is 10.5. The van der Waals surface area contributed by atoms with Crippen molar-refractivity contribution >= 4 is 22.6 Å². The lowest BCUT2D eigenvalue weighted by atomic mass is 10.1. The molecule has 3 aromatic rings. The highest BCUT2D eigenvalue weighted by atomic mass is 16.2. The maximum absolute atomic E-state index is 11.4. The SMILES string of the molecule is CC(=O)N(C)CCN(C)[C@@H]1CCN(c2nccc(-c3ccc4ccccc4c3)n2)C1. The first kappa shape index (κ1) is 20.3. The smallest absolute Gasteiger partial charge is 0.225 e. The van der Waals surface area contributed by atoms with Crippen molar-refractivity contribution in [2.75, 3.05) is 45.2 Å². The number of anilines is 1. The number of carbonyl (C=O) groups excluding carboxylic acids is 1. The molecule has 0 aliphatic carbocycles. The van der Waals surface area contributed by atoms with Crippen molar-refractivity contribution in [2.45, 2.75) is 19.4 Å². The van der Waals surface area contributed by atoms with E-state index in [4.69, 9.17) is 4.98 Å². The highest BCUT2D eigenvalue weighted by Crippen LogP contribution is 2.25. The van der Waals surface area contributed by atoms with E-state index >= 15 is 0 Å². The van der Waals surface area contributed by atoms with Gasteiger partial charge in [-0.15, -0.1) is 0 Å². The number of amides is 1. The van der Waals surface area contributed by atoms with Crippen molar-refractivity contribution in [3.63, 3.8) is 0 Å². The van der Waals surface area contributed by atoms with Gasteiger partial charge in [0.1, 0.15) is 0 Å². The van der Waals surface area contributed by atoms with E-state index in [2.05, 4.69) is 64.3 Å². The molecule has 156 valence electrons. The molecule has 1 amide bonds. The Hall–Kier alpha value is -2.99. The van der Waals surface area contributed by atoms with Crippen LogP contribution in [0.15, 0.2) is 54.7 Å². The van der Waals surface area contributed by atoms with Crippen molar-refractivity contribution < 1.29 is 4.79 Å². The molecule has 4 rings (SSSR count). The largest absolute Gasteiger partial charge is 0.345 e. The Morgan fingerprint density at radius 1 is 1.10 bits per heavy atom. The van der Waals surface area contributed by atoms with Crippen LogP contribution in [-0.4, -0.2) is 72.0 Å². The van der Waals surface area contributed by atoms with Gasteiger partial charge < -0.3 is 9.80 Å². The molecule has 1 aromatic heterocycles. The summed E-state index contributed by atoms with van der Waals surface area (Å²) in [6, 6.07) is 17.3. The summed E-state index contributed by atoms with van der Waals surface area (Å²) in [6.45, 7) is 5.07. The Labute approximate surface area is 178 Å². The molecule has 1 saturated heterocycles. The van der Waals surface area contributed by atoms with E-state index in [0.29, 0.717) is 6.04 Å². The zero-order chi connectivity index (χ0) is 21.1. The Balaban J connectivity index is 1.44. The second-order valence-electron chi connectivity index (χ2n) is 8.11. The lowest BCUT2D eigenvalue weighted by Crippen LogP contribution is -2.40. The van der Waals surface area contributed by atoms with Crippen LogP contribution in [0.5, 0.6) is 0 Å². The molecule has 2 heterocycles. The molecule has 0 bridgehead atoms. The molecule has 0 radical (unpaired) electrons. The van der Waals surface area contributed by atoms with Gasteiger partial charge in [-0.25, -0.2) is 9.97 Å². The van der Waals surface area contributed by atoms with Crippen molar-refractivity contribution in [3.8, 4) is 11.3 Å². The van der Waals surface area contributed by atoms with Gasteiger partial charge in [-0.05, 0) is 36.4 Å². The molecule has 0 N–H and O–H groups in total. The zero-order valence-corrected chi connectivity index (χ0v) is 18.0. The van der Waals surface area contributed by atoms with Crippen LogP contribution >= 0.6 is 0 Å². The van der Waals surface area contributed by atoms with E-state index in [0.717, 1.165) is 49.8 Å². The number of hydrogen-bond acceptors (Lipinski definition) is 5. The maximum Gasteiger partial charge on any atom is 0.225 e. The normalized spacial score (nSPS) is 16.4. The Bertz CT molecular complexity index is 1040. The van der Waals surface area contributed by atoms with E-state index in [-0.39, 0.29) is 5.91 Å². The molecule has 6 nitrogen and oxygen atoms in total. The number of likely N-dealkylation sites (N-methyl/N-ethyl adjacent to an activating group) is 2. The van der Waals surface area contributed by atoms with Gasteiger partial charge in [-0.3, -0.25) is 9.69 Å². The average molecular weight is 404 g/mol. The van der Waals surface area contributed by atoms with Gasteiger partial charge in [0.25, 0.3) is 0 Å². The molecule has 2 aromatic carbocycles. The summed E-state index contributed by atoms with van der Waals surface area (Å²) in [7, 11) is 3.98. The molecule has 30 heavy (non-hydrogen) atoms. The summed E-state index contributed by atoms with van der Waals surface area (Å²) < 4.78 is 0. The number of carbonyl (C=O) groups is 1. The van der Waals surface area contributed by atoms with Crippen LogP contribution in [0.3, 0.4) is 0 Å². The van der Waals surface area contributed by atoms with Gasteiger partial charge >= 0.3 is 0 Å². The van der Waals surface area contributed by atoms with E-state index < -0.39 is 0 Å². The number of benzene rings is 2. The molecular weight excluding hydrogens is 374 g/mol. The molecule has 0 unspecified atom stereocenters. The minimum atomic E-state index is 0.107. The summed E-state index contributed by atoms with van der Waals surface area (Å²) in [5.41, 5.74) is 2.06. The monoisotopic (exact) mass is 403 g/mol. The number of hydrogen-bond donors (Lipinski definition) is 0. The van der Waals surface area contributed by atoms with E-state index in [1.807, 2.05) is 19.3 Å². The van der Waals surface area contributed by atoms with Crippen LogP contribution in [0.1, 0.15) is 13.3 Å². The summed E-state index contributed by atoms with van der Waals surface area (Å²) in [5, 5.41) is 2.45.